The molecule has 4 heteroatoms. The second-order valence-corrected chi connectivity index (χ2v) is 25.9. The van der Waals surface area contributed by atoms with Crippen LogP contribution in [0.3, 0.4) is 0 Å². The van der Waals surface area contributed by atoms with Crippen molar-refractivity contribution < 1.29 is 0 Å². The Hall–Kier alpha value is -6.78. The summed E-state index contributed by atoms with van der Waals surface area (Å²) in [5, 5.41) is 0. The molecule has 3 aliphatic heterocycles. The smallest absolute Gasteiger partial charge is 0.252 e. The SMILES string of the molecule is Cc1cc2c3c(c1)N(c1ccc(C(C)(C)C)cc1-c1ccccc1)c1cc(C(C)(C)C)ccc1B3c1ccc(N3c4ccc(-c5ccccc5C)cc4C4(C)CCCCC34C)cc1N2c1ccc(C(C)(C)C)cc1. The number of hydrogen-bond acceptors (Lipinski definition) is 3. The third-order valence-electron chi connectivity index (χ3n) is 18.1. The van der Waals surface area contributed by atoms with E-state index in [1.54, 1.807) is 0 Å². The Morgan fingerprint density at radius 1 is 0.432 bits per heavy atom. The van der Waals surface area contributed by atoms with Crippen molar-refractivity contribution in [1.29, 1.82) is 0 Å². The summed E-state index contributed by atoms with van der Waals surface area (Å²) in [6, 6.07) is 64.0. The molecule has 1 fully saturated rings. The van der Waals surface area contributed by atoms with E-state index >= 15 is 0 Å². The maximum Gasteiger partial charge on any atom is 0.252 e. The molecule has 12 rings (SSSR count). The predicted molar refractivity (Wildman–Crippen MR) is 320 cm³/mol. The molecule has 0 saturated heterocycles. The maximum atomic E-state index is 2.78. The predicted octanol–water partition coefficient (Wildman–Crippen LogP) is 17.4. The molecule has 2 atom stereocenters. The zero-order valence-corrected chi connectivity index (χ0v) is 46.3. The molecule has 74 heavy (non-hydrogen) atoms. The lowest BCUT2D eigenvalue weighted by atomic mass is 9.33. The number of nitrogens with zero attached hydrogens (tertiary/aromatic N) is 3. The van der Waals surface area contributed by atoms with Crippen molar-refractivity contribution in [2.24, 2.45) is 0 Å². The van der Waals surface area contributed by atoms with Crippen LogP contribution in [0.5, 0.6) is 0 Å². The average molecular weight is 968 g/mol. The summed E-state index contributed by atoms with van der Waals surface area (Å²) in [6.45, 7) is 30.7. The lowest BCUT2D eigenvalue weighted by Gasteiger charge is -2.50. The first-order valence-electron chi connectivity index (χ1n) is 27.5. The van der Waals surface area contributed by atoms with Gasteiger partial charge < -0.3 is 14.7 Å². The molecule has 3 heterocycles. The summed E-state index contributed by atoms with van der Waals surface area (Å²) in [6.07, 6.45) is 4.79. The molecule has 0 aromatic heterocycles. The Morgan fingerprint density at radius 3 is 1.69 bits per heavy atom. The topological polar surface area (TPSA) is 9.72 Å². The van der Waals surface area contributed by atoms with Gasteiger partial charge in [-0.25, -0.2) is 0 Å². The van der Waals surface area contributed by atoms with Gasteiger partial charge in [0.15, 0.2) is 0 Å². The normalized spacial score (nSPS) is 18.9. The van der Waals surface area contributed by atoms with Gasteiger partial charge in [0, 0.05) is 50.8 Å². The molecule has 2 unspecified atom stereocenters. The van der Waals surface area contributed by atoms with E-state index in [4.69, 9.17) is 0 Å². The standard InChI is InChI=1S/C70H74BN3/c1-45-39-63-65-64(40-45)73(59-36-29-50(67(6,7)8)42-55(59)47-22-15-14-16-23-47)61-43-51(68(9,10)11)28-33-57(61)71(65)58-34-32-53(44-62(58)72(63)52-30-26-49(27-31-52)66(3,4)5)74-60-35-25-48(54-24-18-17-21-46(54)2)41-56(60)69(12)37-19-20-38-70(69,74)13/h14-18,21-36,39-44H,19-20,37-38H2,1-13H3. The Balaban J connectivity index is 1.12. The molecule has 0 radical (unpaired) electrons. The average Bonchev–Trinajstić information content (AvgIpc) is 3.59. The van der Waals surface area contributed by atoms with E-state index in [2.05, 4.69) is 269 Å². The van der Waals surface area contributed by atoms with Crippen LogP contribution >= 0.6 is 0 Å². The zero-order valence-electron chi connectivity index (χ0n) is 46.3. The van der Waals surface area contributed by atoms with Gasteiger partial charge in [0.1, 0.15) is 0 Å². The lowest BCUT2D eigenvalue weighted by Crippen LogP contribution is -2.61. The van der Waals surface area contributed by atoms with Crippen molar-refractivity contribution in [2.75, 3.05) is 14.7 Å². The largest absolute Gasteiger partial charge is 0.334 e. The highest BCUT2D eigenvalue weighted by Crippen LogP contribution is 2.62. The van der Waals surface area contributed by atoms with Gasteiger partial charge in [0.05, 0.1) is 11.2 Å². The Labute approximate surface area is 443 Å². The van der Waals surface area contributed by atoms with Crippen LogP contribution in [0.2, 0.25) is 0 Å². The van der Waals surface area contributed by atoms with Gasteiger partial charge in [0.25, 0.3) is 6.71 Å². The van der Waals surface area contributed by atoms with Crippen LogP contribution in [0.15, 0.2) is 164 Å². The third kappa shape index (κ3) is 7.44. The van der Waals surface area contributed by atoms with Crippen molar-refractivity contribution in [3.05, 3.63) is 197 Å². The molecule has 8 aromatic rings. The molecule has 4 aliphatic rings. The first-order valence-corrected chi connectivity index (χ1v) is 27.5. The fraction of sp³-hybridized carbons (Fsp3) is 0.314. The second kappa shape index (κ2) is 16.9. The quantitative estimate of drug-likeness (QED) is 0.159. The van der Waals surface area contributed by atoms with Crippen LogP contribution in [0.4, 0.5) is 45.5 Å². The molecule has 0 N–H and O–H groups in total. The summed E-state index contributed by atoms with van der Waals surface area (Å²) in [5.74, 6) is 0. The Morgan fingerprint density at radius 2 is 1.00 bits per heavy atom. The monoisotopic (exact) mass is 968 g/mol. The van der Waals surface area contributed by atoms with Crippen LogP contribution in [0, 0.1) is 13.8 Å². The minimum Gasteiger partial charge on any atom is -0.334 e. The molecule has 3 nitrogen and oxygen atoms in total. The number of rotatable bonds is 5. The minimum atomic E-state index is -0.109. The van der Waals surface area contributed by atoms with Gasteiger partial charge >= 0.3 is 0 Å². The van der Waals surface area contributed by atoms with Crippen LogP contribution < -0.4 is 31.1 Å². The van der Waals surface area contributed by atoms with E-state index in [1.165, 1.54) is 137 Å². The fourth-order valence-electron chi connectivity index (χ4n) is 13.6. The zero-order chi connectivity index (χ0) is 51.9. The van der Waals surface area contributed by atoms with Gasteiger partial charge in [-0.05, 0) is 183 Å². The van der Waals surface area contributed by atoms with Crippen molar-refractivity contribution in [1.82, 2.24) is 0 Å². The van der Waals surface area contributed by atoms with E-state index in [9.17, 15) is 0 Å². The maximum absolute atomic E-state index is 2.78. The van der Waals surface area contributed by atoms with E-state index < -0.39 is 0 Å². The third-order valence-corrected chi connectivity index (χ3v) is 18.1. The van der Waals surface area contributed by atoms with Crippen LogP contribution in [0.1, 0.15) is 135 Å². The summed E-state index contributed by atoms with van der Waals surface area (Å²) < 4.78 is 0. The van der Waals surface area contributed by atoms with E-state index in [-0.39, 0.29) is 33.9 Å². The number of hydrogen-bond donors (Lipinski definition) is 0. The van der Waals surface area contributed by atoms with Gasteiger partial charge in [-0.2, -0.15) is 0 Å². The highest BCUT2D eigenvalue weighted by Gasteiger charge is 2.58. The van der Waals surface area contributed by atoms with Crippen molar-refractivity contribution in [3.63, 3.8) is 0 Å². The van der Waals surface area contributed by atoms with Crippen molar-refractivity contribution in [3.8, 4) is 22.3 Å². The van der Waals surface area contributed by atoms with Crippen LogP contribution in [-0.2, 0) is 21.7 Å². The molecule has 8 aromatic carbocycles. The number of aryl methyl sites for hydroxylation is 2. The number of anilines is 8. The minimum absolute atomic E-state index is 0.00195. The van der Waals surface area contributed by atoms with E-state index in [0.717, 1.165) is 6.42 Å². The Bertz CT molecular complexity index is 3530. The summed E-state index contributed by atoms with van der Waals surface area (Å²) >= 11 is 0. The van der Waals surface area contributed by atoms with Gasteiger partial charge in [-0.1, -0.05) is 179 Å². The van der Waals surface area contributed by atoms with Crippen molar-refractivity contribution >= 4 is 68.6 Å². The molecule has 0 bridgehead atoms. The first kappa shape index (κ1) is 48.2. The molecule has 0 spiro atoms. The molecular formula is C70H74BN3. The summed E-state index contributed by atoms with van der Waals surface area (Å²) in [7, 11) is 0. The second-order valence-electron chi connectivity index (χ2n) is 25.9. The number of benzene rings is 8. The van der Waals surface area contributed by atoms with Crippen LogP contribution in [0.25, 0.3) is 22.3 Å². The van der Waals surface area contributed by atoms with Gasteiger partial charge in [0.2, 0.25) is 0 Å². The molecular weight excluding hydrogens is 894 g/mol. The van der Waals surface area contributed by atoms with Crippen molar-refractivity contribution in [2.45, 2.75) is 143 Å². The molecule has 372 valence electrons. The first-order chi connectivity index (χ1) is 35.2. The fourth-order valence-corrected chi connectivity index (χ4v) is 13.6. The van der Waals surface area contributed by atoms with E-state index in [1.807, 2.05) is 0 Å². The lowest BCUT2D eigenvalue weighted by molar-refractivity contribution is 0.195. The summed E-state index contributed by atoms with van der Waals surface area (Å²) in [5.41, 5.74) is 27.0. The highest BCUT2D eigenvalue weighted by molar-refractivity contribution is 7.00. The molecule has 1 aliphatic carbocycles. The molecule has 1 saturated carbocycles. The molecule has 0 amide bonds. The number of fused-ring (bicyclic) bond motifs is 7. The Kier molecular flexibility index (Phi) is 11.0. The van der Waals surface area contributed by atoms with Gasteiger partial charge in [-0.15, -0.1) is 0 Å². The summed E-state index contributed by atoms with van der Waals surface area (Å²) in [4.78, 5) is 8.04. The van der Waals surface area contributed by atoms with E-state index in [0.29, 0.717) is 0 Å². The van der Waals surface area contributed by atoms with Crippen LogP contribution in [-0.4, -0.2) is 12.3 Å². The van der Waals surface area contributed by atoms with Gasteiger partial charge in [-0.3, -0.25) is 0 Å². The highest BCUT2D eigenvalue weighted by atomic mass is 15.3.